The Kier molecular flexibility index (Phi) is 4.49. The molecule has 1 heterocycles. The van der Waals surface area contributed by atoms with Gasteiger partial charge in [0.15, 0.2) is 0 Å². The van der Waals surface area contributed by atoms with Gasteiger partial charge < -0.3 is 15.1 Å². The van der Waals surface area contributed by atoms with E-state index in [1.54, 1.807) is 6.20 Å². The van der Waals surface area contributed by atoms with Gasteiger partial charge >= 0.3 is 0 Å². The molecule has 16 heavy (non-hydrogen) atoms. The molecule has 90 valence electrons. The average molecular weight is 225 g/mol. The zero-order valence-electron chi connectivity index (χ0n) is 10.2. The molecule has 1 amide bonds. The predicted molar refractivity (Wildman–Crippen MR) is 60.9 cm³/mol. The molecule has 1 aromatic rings. The van der Waals surface area contributed by atoms with Gasteiger partial charge in [-0.2, -0.15) is 0 Å². The largest absolute Gasteiger partial charge is 0.444 e. The van der Waals surface area contributed by atoms with Crippen LogP contribution in [0.4, 0.5) is 0 Å². The summed E-state index contributed by atoms with van der Waals surface area (Å²) >= 11 is 0. The number of hydrogen-bond donors (Lipinski definition) is 2. The zero-order chi connectivity index (χ0) is 12.1. The molecule has 0 aliphatic carbocycles. The van der Waals surface area contributed by atoms with Crippen molar-refractivity contribution in [3.8, 4) is 0 Å². The van der Waals surface area contributed by atoms with Gasteiger partial charge in [-0.05, 0) is 13.8 Å². The topological polar surface area (TPSA) is 67.2 Å². The van der Waals surface area contributed by atoms with Crippen LogP contribution in [0.3, 0.4) is 0 Å². The number of oxazole rings is 1. The lowest BCUT2D eigenvalue weighted by atomic mass is 10.3. The van der Waals surface area contributed by atoms with Crippen LogP contribution in [0.2, 0.25) is 0 Å². The second kappa shape index (κ2) is 5.65. The van der Waals surface area contributed by atoms with E-state index < -0.39 is 0 Å². The second-order valence-corrected chi connectivity index (χ2v) is 4.13. The van der Waals surface area contributed by atoms with Crippen LogP contribution >= 0.6 is 0 Å². The van der Waals surface area contributed by atoms with Gasteiger partial charge in [-0.25, -0.2) is 4.98 Å². The van der Waals surface area contributed by atoms with Gasteiger partial charge in [0.2, 0.25) is 11.8 Å². The van der Waals surface area contributed by atoms with E-state index in [1.807, 2.05) is 27.7 Å². The first kappa shape index (κ1) is 12.7. The van der Waals surface area contributed by atoms with Crippen LogP contribution < -0.4 is 10.6 Å². The third-order valence-electron chi connectivity index (χ3n) is 2.06. The van der Waals surface area contributed by atoms with Crippen molar-refractivity contribution in [1.29, 1.82) is 0 Å². The monoisotopic (exact) mass is 225 g/mol. The highest BCUT2D eigenvalue weighted by Gasteiger charge is 2.13. The van der Waals surface area contributed by atoms with Gasteiger partial charge in [0, 0.05) is 6.04 Å². The molecule has 5 heteroatoms. The third-order valence-corrected chi connectivity index (χ3v) is 2.06. The summed E-state index contributed by atoms with van der Waals surface area (Å²) in [6, 6.07) is 0.0974. The average Bonchev–Trinajstić information content (AvgIpc) is 2.62. The number of nitrogens with one attached hydrogen (secondary N) is 2. The molecule has 5 nitrogen and oxygen atoms in total. The summed E-state index contributed by atoms with van der Waals surface area (Å²) in [5.74, 6) is 1.23. The van der Waals surface area contributed by atoms with Crippen LogP contribution in [0, 0.1) is 6.92 Å². The van der Waals surface area contributed by atoms with Gasteiger partial charge in [0.05, 0.1) is 12.7 Å². The summed E-state index contributed by atoms with van der Waals surface area (Å²) in [5, 5.41) is 5.85. The molecule has 0 aliphatic rings. The first-order valence-corrected chi connectivity index (χ1v) is 5.44. The van der Waals surface area contributed by atoms with Crippen molar-refractivity contribution in [2.45, 2.75) is 39.8 Å². The standard InChI is InChI=1S/C11H19N3O2/c1-7(2)12-6-10(15)14-9(4)11-13-5-8(3)16-11/h5,7,9,12H,6H2,1-4H3,(H,14,15). The minimum Gasteiger partial charge on any atom is -0.444 e. The Bertz CT molecular complexity index is 347. The van der Waals surface area contributed by atoms with Gasteiger partial charge in [0.25, 0.3) is 0 Å². The third kappa shape index (κ3) is 4.02. The maximum absolute atomic E-state index is 11.5. The van der Waals surface area contributed by atoms with Crippen LogP contribution in [0.15, 0.2) is 10.6 Å². The Morgan fingerprint density at radius 3 is 2.69 bits per heavy atom. The number of nitrogens with zero attached hydrogens (tertiary/aromatic N) is 1. The Morgan fingerprint density at radius 1 is 1.50 bits per heavy atom. The fraction of sp³-hybridized carbons (Fsp3) is 0.636. The van der Waals surface area contributed by atoms with Crippen LogP contribution in [0.1, 0.15) is 38.5 Å². The van der Waals surface area contributed by atoms with Crippen molar-refractivity contribution in [3.63, 3.8) is 0 Å². The molecule has 0 bridgehead atoms. The van der Waals surface area contributed by atoms with E-state index in [9.17, 15) is 4.79 Å². The lowest BCUT2D eigenvalue weighted by Gasteiger charge is -2.12. The SMILES string of the molecule is Cc1cnc(C(C)NC(=O)CNC(C)C)o1. The van der Waals surface area contributed by atoms with E-state index in [1.165, 1.54) is 0 Å². The fourth-order valence-electron chi connectivity index (χ4n) is 1.22. The van der Waals surface area contributed by atoms with Gasteiger partial charge in [-0.3, -0.25) is 4.79 Å². The van der Waals surface area contributed by atoms with E-state index in [0.717, 1.165) is 5.76 Å². The number of rotatable bonds is 5. The Morgan fingerprint density at radius 2 is 2.19 bits per heavy atom. The molecular formula is C11H19N3O2. The van der Waals surface area contributed by atoms with Crippen LogP contribution in [-0.4, -0.2) is 23.5 Å². The van der Waals surface area contributed by atoms with Crippen molar-refractivity contribution >= 4 is 5.91 Å². The molecule has 0 fully saturated rings. The lowest BCUT2D eigenvalue weighted by molar-refractivity contribution is -0.121. The Hall–Kier alpha value is -1.36. The maximum atomic E-state index is 11.5. The molecule has 0 spiro atoms. The van der Waals surface area contributed by atoms with Crippen molar-refractivity contribution in [1.82, 2.24) is 15.6 Å². The molecule has 0 aliphatic heterocycles. The van der Waals surface area contributed by atoms with E-state index in [4.69, 9.17) is 4.42 Å². The summed E-state index contributed by atoms with van der Waals surface area (Å²) in [4.78, 5) is 15.6. The molecule has 1 aromatic heterocycles. The first-order chi connectivity index (χ1) is 7.49. The number of carbonyl (C=O) groups excluding carboxylic acids is 1. The number of aryl methyl sites for hydroxylation is 1. The molecule has 0 aromatic carbocycles. The quantitative estimate of drug-likeness (QED) is 0.789. The van der Waals surface area contributed by atoms with E-state index in [2.05, 4.69) is 15.6 Å². The summed E-state index contributed by atoms with van der Waals surface area (Å²) in [7, 11) is 0. The summed E-state index contributed by atoms with van der Waals surface area (Å²) < 4.78 is 5.33. The van der Waals surface area contributed by atoms with Crippen LogP contribution in [0.5, 0.6) is 0 Å². The lowest BCUT2D eigenvalue weighted by Crippen LogP contribution is -2.38. The van der Waals surface area contributed by atoms with Crippen molar-refractivity contribution in [2.75, 3.05) is 6.54 Å². The van der Waals surface area contributed by atoms with Crippen molar-refractivity contribution in [2.24, 2.45) is 0 Å². The maximum Gasteiger partial charge on any atom is 0.234 e. The Labute approximate surface area is 95.6 Å². The highest BCUT2D eigenvalue weighted by molar-refractivity contribution is 5.78. The van der Waals surface area contributed by atoms with Gasteiger partial charge in [0.1, 0.15) is 11.8 Å². The van der Waals surface area contributed by atoms with E-state index in [-0.39, 0.29) is 11.9 Å². The molecular weight excluding hydrogens is 206 g/mol. The number of hydrogen-bond acceptors (Lipinski definition) is 4. The highest BCUT2D eigenvalue weighted by atomic mass is 16.4. The fourth-order valence-corrected chi connectivity index (χ4v) is 1.22. The van der Waals surface area contributed by atoms with Crippen LogP contribution in [-0.2, 0) is 4.79 Å². The smallest absolute Gasteiger partial charge is 0.234 e. The van der Waals surface area contributed by atoms with E-state index >= 15 is 0 Å². The molecule has 1 unspecified atom stereocenters. The minimum atomic E-state index is -0.199. The molecule has 0 saturated carbocycles. The summed E-state index contributed by atoms with van der Waals surface area (Å²) in [5.41, 5.74) is 0. The molecule has 1 rings (SSSR count). The van der Waals surface area contributed by atoms with Crippen molar-refractivity contribution in [3.05, 3.63) is 17.8 Å². The minimum absolute atomic E-state index is 0.0583. The zero-order valence-corrected chi connectivity index (χ0v) is 10.2. The number of carbonyl (C=O) groups is 1. The predicted octanol–water partition coefficient (Wildman–Crippen LogP) is 1.16. The molecule has 0 saturated heterocycles. The first-order valence-electron chi connectivity index (χ1n) is 5.44. The second-order valence-electron chi connectivity index (χ2n) is 4.13. The number of amides is 1. The van der Waals surface area contributed by atoms with Crippen LogP contribution in [0.25, 0.3) is 0 Å². The molecule has 2 N–H and O–H groups in total. The van der Waals surface area contributed by atoms with Crippen molar-refractivity contribution < 1.29 is 9.21 Å². The number of aromatic nitrogens is 1. The normalized spacial score (nSPS) is 12.8. The Balaban J connectivity index is 2.39. The summed E-state index contributed by atoms with van der Waals surface area (Å²) in [6.07, 6.45) is 1.64. The van der Waals surface area contributed by atoms with Gasteiger partial charge in [-0.15, -0.1) is 0 Å². The van der Waals surface area contributed by atoms with E-state index in [0.29, 0.717) is 18.5 Å². The molecule has 1 atom stereocenters. The molecule has 0 radical (unpaired) electrons. The highest BCUT2D eigenvalue weighted by Crippen LogP contribution is 2.11. The summed E-state index contributed by atoms with van der Waals surface area (Å²) in [6.45, 7) is 7.97. The van der Waals surface area contributed by atoms with Gasteiger partial charge in [-0.1, -0.05) is 13.8 Å².